The Hall–Kier alpha value is -4.13. The van der Waals surface area contributed by atoms with Crippen molar-refractivity contribution in [2.75, 3.05) is 10.2 Å². The monoisotopic (exact) mass is 404 g/mol. The Labute approximate surface area is 170 Å². The van der Waals surface area contributed by atoms with E-state index in [0.717, 1.165) is 29.2 Å². The van der Waals surface area contributed by atoms with Gasteiger partial charge < -0.3 is 5.32 Å². The smallest absolute Gasteiger partial charge is 0.266 e. The van der Waals surface area contributed by atoms with Gasteiger partial charge in [-0.1, -0.05) is 24.3 Å². The van der Waals surface area contributed by atoms with Crippen LogP contribution in [-0.2, 0) is 4.79 Å². The highest BCUT2D eigenvalue weighted by Gasteiger charge is 2.36. The Balaban J connectivity index is 1.53. The number of hydrogen-bond acceptors (Lipinski definition) is 3. The lowest BCUT2D eigenvalue weighted by Crippen LogP contribution is -2.29. The van der Waals surface area contributed by atoms with Gasteiger partial charge in [-0.05, 0) is 48.5 Å². The van der Waals surface area contributed by atoms with Crippen molar-refractivity contribution < 1.29 is 23.2 Å². The molecular formula is C23H14F2N2O3. The van der Waals surface area contributed by atoms with Crippen LogP contribution in [0.2, 0.25) is 0 Å². The van der Waals surface area contributed by atoms with E-state index in [4.69, 9.17) is 0 Å². The van der Waals surface area contributed by atoms with Crippen LogP contribution >= 0.6 is 0 Å². The van der Waals surface area contributed by atoms with Crippen LogP contribution in [0.3, 0.4) is 0 Å². The number of benzene rings is 3. The SMILES string of the molecule is O=C(/C=C/c1c(F)cccc1F)Nc1cccc(N2C(=O)c3ccccc3C2=O)c1. The van der Waals surface area contributed by atoms with E-state index in [0.29, 0.717) is 22.5 Å². The van der Waals surface area contributed by atoms with Crippen molar-refractivity contribution in [2.45, 2.75) is 0 Å². The van der Waals surface area contributed by atoms with Crippen LogP contribution in [0.4, 0.5) is 20.2 Å². The quantitative estimate of drug-likeness (QED) is 0.517. The van der Waals surface area contributed by atoms with Crippen LogP contribution in [-0.4, -0.2) is 17.7 Å². The lowest BCUT2D eigenvalue weighted by atomic mass is 10.1. The molecule has 7 heteroatoms. The Morgan fingerprint density at radius 3 is 2.07 bits per heavy atom. The van der Waals surface area contributed by atoms with Gasteiger partial charge in [-0.3, -0.25) is 14.4 Å². The number of amides is 3. The predicted octanol–water partition coefficient (Wildman–Crippen LogP) is 4.42. The minimum absolute atomic E-state index is 0.295. The molecule has 0 bridgehead atoms. The molecule has 148 valence electrons. The molecule has 30 heavy (non-hydrogen) atoms. The molecule has 3 aromatic rings. The summed E-state index contributed by atoms with van der Waals surface area (Å²) in [4.78, 5) is 38.4. The average molecular weight is 404 g/mol. The maximum absolute atomic E-state index is 13.6. The second-order valence-corrected chi connectivity index (χ2v) is 6.50. The van der Waals surface area contributed by atoms with Crippen LogP contribution < -0.4 is 10.2 Å². The fourth-order valence-electron chi connectivity index (χ4n) is 3.16. The topological polar surface area (TPSA) is 66.5 Å². The molecule has 0 unspecified atom stereocenters. The molecule has 0 aromatic heterocycles. The summed E-state index contributed by atoms with van der Waals surface area (Å²) < 4.78 is 27.3. The van der Waals surface area contributed by atoms with E-state index in [-0.39, 0.29) is 5.56 Å². The molecule has 3 amide bonds. The number of fused-ring (bicyclic) bond motifs is 1. The number of carbonyl (C=O) groups excluding carboxylic acids is 3. The normalized spacial score (nSPS) is 13.1. The Bertz CT molecular complexity index is 1170. The number of nitrogens with one attached hydrogen (secondary N) is 1. The van der Waals surface area contributed by atoms with Crippen LogP contribution in [0.15, 0.2) is 72.8 Å². The van der Waals surface area contributed by atoms with Crippen molar-refractivity contribution in [3.8, 4) is 0 Å². The Morgan fingerprint density at radius 1 is 0.833 bits per heavy atom. The minimum atomic E-state index is -0.785. The number of carbonyl (C=O) groups is 3. The van der Waals surface area contributed by atoms with Crippen molar-refractivity contribution in [3.63, 3.8) is 0 Å². The van der Waals surface area contributed by atoms with Crippen LogP contribution in [0.5, 0.6) is 0 Å². The van der Waals surface area contributed by atoms with Gasteiger partial charge in [0.15, 0.2) is 0 Å². The number of nitrogens with zero attached hydrogens (tertiary/aromatic N) is 1. The molecule has 4 rings (SSSR count). The van der Waals surface area contributed by atoms with Gasteiger partial charge in [0.1, 0.15) is 11.6 Å². The zero-order valence-corrected chi connectivity index (χ0v) is 15.4. The Kier molecular flexibility index (Phi) is 4.93. The van der Waals surface area contributed by atoms with Gasteiger partial charge in [0.05, 0.1) is 16.8 Å². The van der Waals surface area contributed by atoms with E-state index < -0.39 is 29.4 Å². The molecule has 0 spiro atoms. The first-order valence-electron chi connectivity index (χ1n) is 8.96. The molecule has 5 nitrogen and oxygen atoms in total. The molecule has 0 aliphatic carbocycles. The number of imide groups is 1. The first-order chi connectivity index (χ1) is 14.5. The molecule has 1 heterocycles. The molecule has 3 aromatic carbocycles. The number of anilines is 2. The third-order valence-electron chi connectivity index (χ3n) is 4.57. The van der Waals surface area contributed by atoms with Crippen LogP contribution in [0, 0.1) is 11.6 Å². The summed E-state index contributed by atoms with van der Waals surface area (Å²) in [6.45, 7) is 0. The standard InChI is InChI=1S/C23H14F2N2O3/c24-19-9-4-10-20(25)18(19)11-12-21(28)26-14-5-3-6-15(13-14)27-22(29)16-7-1-2-8-17(16)23(27)30/h1-13H,(H,26,28)/b12-11+. The fraction of sp³-hybridized carbons (Fsp3) is 0. The second kappa shape index (κ2) is 7.71. The van der Waals surface area contributed by atoms with Gasteiger partial charge >= 0.3 is 0 Å². The lowest BCUT2D eigenvalue weighted by molar-refractivity contribution is -0.111. The fourth-order valence-corrected chi connectivity index (χ4v) is 3.16. The van der Waals surface area contributed by atoms with Gasteiger partial charge in [0.2, 0.25) is 5.91 Å². The van der Waals surface area contributed by atoms with Crippen molar-refractivity contribution in [2.24, 2.45) is 0 Å². The lowest BCUT2D eigenvalue weighted by Gasteiger charge is -2.15. The Morgan fingerprint density at radius 2 is 1.43 bits per heavy atom. The number of halogens is 2. The number of rotatable bonds is 4. The highest BCUT2D eigenvalue weighted by atomic mass is 19.1. The summed E-state index contributed by atoms with van der Waals surface area (Å²) in [6, 6.07) is 16.1. The van der Waals surface area contributed by atoms with E-state index in [9.17, 15) is 23.2 Å². The molecule has 1 aliphatic rings. The summed E-state index contributed by atoms with van der Waals surface area (Å²) in [5, 5.41) is 2.55. The van der Waals surface area contributed by atoms with Gasteiger partial charge in [0, 0.05) is 17.3 Å². The van der Waals surface area contributed by atoms with Crippen LogP contribution in [0.25, 0.3) is 6.08 Å². The van der Waals surface area contributed by atoms with Gasteiger partial charge in [-0.15, -0.1) is 0 Å². The molecule has 0 saturated heterocycles. The first kappa shape index (κ1) is 19.2. The van der Waals surface area contributed by atoms with Gasteiger partial charge in [-0.25, -0.2) is 13.7 Å². The molecule has 0 fully saturated rings. The highest BCUT2D eigenvalue weighted by molar-refractivity contribution is 6.34. The summed E-state index contributed by atoms with van der Waals surface area (Å²) in [5.74, 6) is -3.10. The summed E-state index contributed by atoms with van der Waals surface area (Å²) in [6.07, 6.45) is 2.03. The maximum atomic E-state index is 13.6. The van der Waals surface area contributed by atoms with Crippen molar-refractivity contribution in [1.82, 2.24) is 0 Å². The third kappa shape index (κ3) is 3.48. The molecular weight excluding hydrogens is 390 g/mol. The van der Waals surface area contributed by atoms with Crippen molar-refractivity contribution in [3.05, 3.63) is 101 Å². The number of hydrogen-bond donors (Lipinski definition) is 1. The zero-order chi connectivity index (χ0) is 21.3. The van der Waals surface area contributed by atoms with Gasteiger partial charge in [0.25, 0.3) is 11.8 Å². The van der Waals surface area contributed by atoms with E-state index >= 15 is 0 Å². The predicted molar refractivity (Wildman–Crippen MR) is 108 cm³/mol. The second-order valence-electron chi connectivity index (χ2n) is 6.50. The van der Waals surface area contributed by atoms with Crippen molar-refractivity contribution >= 4 is 35.2 Å². The highest BCUT2D eigenvalue weighted by Crippen LogP contribution is 2.29. The van der Waals surface area contributed by atoms with E-state index in [1.807, 2.05) is 0 Å². The molecule has 0 saturated carbocycles. The summed E-state index contributed by atoms with van der Waals surface area (Å²) in [7, 11) is 0. The van der Waals surface area contributed by atoms with E-state index in [2.05, 4.69) is 5.32 Å². The van der Waals surface area contributed by atoms with Crippen molar-refractivity contribution in [1.29, 1.82) is 0 Å². The average Bonchev–Trinajstić information content (AvgIpc) is 2.98. The van der Waals surface area contributed by atoms with Crippen LogP contribution in [0.1, 0.15) is 26.3 Å². The largest absolute Gasteiger partial charge is 0.322 e. The molecule has 1 aliphatic heterocycles. The minimum Gasteiger partial charge on any atom is -0.322 e. The molecule has 1 N–H and O–H groups in total. The van der Waals surface area contributed by atoms with Gasteiger partial charge in [-0.2, -0.15) is 0 Å². The molecule has 0 radical (unpaired) electrons. The summed E-state index contributed by atoms with van der Waals surface area (Å²) >= 11 is 0. The van der Waals surface area contributed by atoms with E-state index in [1.54, 1.807) is 42.5 Å². The zero-order valence-electron chi connectivity index (χ0n) is 15.4. The maximum Gasteiger partial charge on any atom is 0.266 e. The van der Waals surface area contributed by atoms with E-state index in [1.165, 1.54) is 12.1 Å². The first-order valence-corrected chi connectivity index (χ1v) is 8.96. The molecule has 0 atom stereocenters. The summed E-state index contributed by atoms with van der Waals surface area (Å²) in [5.41, 5.74) is 0.904. The third-order valence-corrected chi connectivity index (χ3v) is 4.57.